The Morgan fingerprint density at radius 1 is 1.00 bits per heavy atom. The van der Waals surface area contributed by atoms with Crippen LogP contribution in [0.2, 0.25) is 0 Å². The summed E-state index contributed by atoms with van der Waals surface area (Å²) >= 11 is 0. The minimum absolute atomic E-state index is 0.0276. The van der Waals surface area contributed by atoms with E-state index >= 15 is 0 Å². The molecule has 0 radical (unpaired) electrons. The average Bonchev–Trinajstić information content (AvgIpc) is 2.65. The van der Waals surface area contributed by atoms with E-state index in [-0.39, 0.29) is 11.8 Å². The Kier molecular flexibility index (Phi) is 7.59. The highest BCUT2D eigenvalue weighted by Crippen LogP contribution is 2.17. The monoisotopic (exact) mass is 366 g/mol. The average molecular weight is 367 g/mol. The second-order valence-corrected chi connectivity index (χ2v) is 6.93. The number of rotatable bonds is 8. The molecule has 4 heteroatoms. The van der Waals surface area contributed by atoms with Crippen molar-refractivity contribution in [2.75, 3.05) is 6.54 Å². The van der Waals surface area contributed by atoms with Crippen LogP contribution in [0.3, 0.4) is 0 Å². The van der Waals surface area contributed by atoms with Gasteiger partial charge in [-0.1, -0.05) is 61.0 Å². The van der Waals surface area contributed by atoms with Gasteiger partial charge in [0.2, 0.25) is 11.8 Å². The van der Waals surface area contributed by atoms with Crippen LogP contribution >= 0.6 is 0 Å². The predicted molar refractivity (Wildman–Crippen MR) is 109 cm³/mol. The first-order valence-electron chi connectivity index (χ1n) is 9.63. The van der Waals surface area contributed by atoms with Gasteiger partial charge in [-0.2, -0.15) is 0 Å². The molecule has 0 saturated carbocycles. The van der Waals surface area contributed by atoms with Crippen LogP contribution in [0.25, 0.3) is 0 Å². The van der Waals surface area contributed by atoms with Crippen LogP contribution in [0.5, 0.6) is 0 Å². The molecule has 2 rings (SSSR count). The summed E-state index contributed by atoms with van der Waals surface area (Å²) in [5.41, 5.74) is 4.32. The van der Waals surface area contributed by atoms with Gasteiger partial charge >= 0.3 is 0 Å². The molecule has 2 aromatic carbocycles. The van der Waals surface area contributed by atoms with Crippen molar-refractivity contribution in [2.24, 2.45) is 0 Å². The smallest absolute Gasteiger partial charge is 0.242 e. The van der Waals surface area contributed by atoms with Crippen molar-refractivity contribution in [1.82, 2.24) is 10.2 Å². The Hall–Kier alpha value is -2.62. The van der Waals surface area contributed by atoms with Crippen molar-refractivity contribution >= 4 is 11.8 Å². The normalized spacial score (nSPS) is 11.7. The predicted octanol–water partition coefficient (Wildman–Crippen LogP) is 3.79. The second-order valence-electron chi connectivity index (χ2n) is 6.93. The fourth-order valence-corrected chi connectivity index (χ4v) is 3.16. The molecular weight excluding hydrogens is 336 g/mol. The van der Waals surface area contributed by atoms with Gasteiger partial charge in [0.15, 0.2) is 0 Å². The number of benzene rings is 2. The molecule has 0 aromatic heterocycles. The highest BCUT2D eigenvalue weighted by molar-refractivity contribution is 5.88. The van der Waals surface area contributed by atoms with Gasteiger partial charge in [0, 0.05) is 13.1 Å². The van der Waals surface area contributed by atoms with E-state index in [1.807, 2.05) is 76.2 Å². The van der Waals surface area contributed by atoms with Crippen molar-refractivity contribution in [2.45, 2.75) is 53.1 Å². The molecule has 0 bridgehead atoms. The standard InChI is InChI=1S/C23H30N2O2/c1-5-21(23(27)24-6-2)25(16-20-10-8-7-9-18(20)4)22(26)15-19-13-11-17(3)12-14-19/h7-14,21H,5-6,15-16H2,1-4H3,(H,24,27)/t21-/m1/s1. The zero-order valence-electron chi connectivity index (χ0n) is 16.8. The van der Waals surface area contributed by atoms with Crippen LogP contribution < -0.4 is 5.32 Å². The van der Waals surface area contributed by atoms with Crippen LogP contribution in [0.1, 0.15) is 42.5 Å². The Balaban J connectivity index is 2.29. The van der Waals surface area contributed by atoms with E-state index in [1.54, 1.807) is 4.90 Å². The van der Waals surface area contributed by atoms with Gasteiger partial charge in [-0.05, 0) is 43.9 Å². The number of nitrogens with zero attached hydrogens (tertiary/aromatic N) is 1. The molecule has 2 amide bonds. The first kappa shape index (κ1) is 20.7. The lowest BCUT2D eigenvalue weighted by Gasteiger charge is -2.31. The molecule has 4 nitrogen and oxygen atoms in total. The second kappa shape index (κ2) is 9.91. The number of hydrogen-bond acceptors (Lipinski definition) is 2. The van der Waals surface area contributed by atoms with Gasteiger partial charge in [0.1, 0.15) is 6.04 Å². The van der Waals surface area contributed by atoms with E-state index in [4.69, 9.17) is 0 Å². The molecule has 2 aromatic rings. The summed E-state index contributed by atoms with van der Waals surface area (Å²) in [7, 11) is 0. The molecule has 1 atom stereocenters. The van der Waals surface area contributed by atoms with E-state index < -0.39 is 6.04 Å². The number of likely N-dealkylation sites (N-methyl/N-ethyl adjacent to an activating group) is 1. The van der Waals surface area contributed by atoms with Gasteiger partial charge in [0.05, 0.1) is 6.42 Å². The minimum Gasteiger partial charge on any atom is -0.355 e. The molecular formula is C23H30N2O2. The maximum absolute atomic E-state index is 13.2. The van der Waals surface area contributed by atoms with Crippen molar-refractivity contribution in [3.63, 3.8) is 0 Å². The lowest BCUT2D eigenvalue weighted by Crippen LogP contribution is -2.49. The molecule has 0 spiro atoms. The molecule has 1 N–H and O–H groups in total. The number of carbonyl (C=O) groups excluding carboxylic acids is 2. The Morgan fingerprint density at radius 3 is 2.26 bits per heavy atom. The van der Waals surface area contributed by atoms with Gasteiger partial charge in [-0.3, -0.25) is 9.59 Å². The third kappa shape index (κ3) is 5.68. The lowest BCUT2D eigenvalue weighted by molar-refractivity contribution is -0.140. The molecule has 0 aliphatic rings. The van der Waals surface area contributed by atoms with E-state index in [1.165, 1.54) is 0 Å². The SMILES string of the molecule is CCNC(=O)[C@@H](CC)N(Cc1ccccc1C)C(=O)Cc1ccc(C)cc1. The van der Waals surface area contributed by atoms with E-state index in [0.717, 1.165) is 22.3 Å². The fraction of sp³-hybridized carbons (Fsp3) is 0.391. The fourth-order valence-electron chi connectivity index (χ4n) is 3.16. The molecule has 0 unspecified atom stereocenters. The number of carbonyl (C=O) groups is 2. The van der Waals surface area contributed by atoms with E-state index in [9.17, 15) is 9.59 Å². The molecule has 144 valence electrons. The summed E-state index contributed by atoms with van der Waals surface area (Å²) in [6.07, 6.45) is 0.874. The molecule has 0 heterocycles. The molecule has 0 aliphatic heterocycles. The quantitative estimate of drug-likeness (QED) is 0.773. The highest BCUT2D eigenvalue weighted by Gasteiger charge is 2.28. The molecule has 0 fully saturated rings. The van der Waals surface area contributed by atoms with Crippen molar-refractivity contribution in [3.05, 3.63) is 70.8 Å². The maximum atomic E-state index is 13.2. The zero-order chi connectivity index (χ0) is 19.8. The summed E-state index contributed by atoms with van der Waals surface area (Å²) in [5, 5.41) is 2.87. The third-order valence-electron chi connectivity index (χ3n) is 4.81. The molecule has 0 aliphatic carbocycles. The van der Waals surface area contributed by atoms with Crippen LogP contribution in [0.4, 0.5) is 0 Å². The van der Waals surface area contributed by atoms with Crippen molar-refractivity contribution in [3.8, 4) is 0 Å². The zero-order valence-corrected chi connectivity index (χ0v) is 16.8. The largest absolute Gasteiger partial charge is 0.355 e. The first-order chi connectivity index (χ1) is 13.0. The summed E-state index contributed by atoms with van der Waals surface area (Å²) in [6.45, 7) is 8.89. The summed E-state index contributed by atoms with van der Waals surface area (Å²) in [4.78, 5) is 27.5. The minimum atomic E-state index is -0.470. The van der Waals surface area contributed by atoms with Gasteiger partial charge < -0.3 is 10.2 Å². The van der Waals surface area contributed by atoms with Crippen LogP contribution in [-0.4, -0.2) is 29.3 Å². The topological polar surface area (TPSA) is 49.4 Å². The third-order valence-corrected chi connectivity index (χ3v) is 4.81. The van der Waals surface area contributed by atoms with Gasteiger partial charge in [0.25, 0.3) is 0 Å². The summed E-state index contributed by atoms with van der Waals surface area (Å²) in [6, 6.07) is 15.5. The van der Waals surface area contributed by atoms with E-state index in [2.05, 4.69) is 5.32 Å². The summed E-state index contributed by atoms with van der Waals surface area (Å²) < 4.78 is 0. The molecule has 0 saturated heterocycles. The summed E-state index contributed by atoms with van der Waals surface area (Å²) in [5.74, 6) is -0.119. The Bertz CT molecular complexity index is 768. The number of amides is 2. The van der Waals surface area contributed by atoms with Crippen LogP contribution in [-0.2, 0) is 22.6 Å². The number of aryl methyl sites for hydroxylation is 2. The number of nitrogens with one attached hydrogen (secondary N) is 1. The maximum Gasteiger partial charge on any atom is 0.242 e. The van der Waals surface area contributed by atoms with Crippen molar-refractivity contribution in [1.29, 1.82) is 0 Å². The van der Waals surface area contributed by atoms with E-state index in [0.29, 0.717) is 25.9 Å². The van der Waals surface area contributed by atoms with Crippen LogP contribution in [0, 0.1) is 13.8 Å². The Morgan fingerprint density at radius 2 is 1.67 bits per heavy atom. The lowest BCUT2D eigenvalue weighted by atomic mass is 10.0. The number of hydrogen-bond donors (Lipinski definition) is 1. The Labute approximate surface area is 162 Å². The van der Waals surface area contributed by atoms with Gasteiger partial charge in [-0.25, -0.2) is 0 Å². The highest BCUT2D eigenvalue weighted by atomic mass is 16.2. The van der Waals surface area contributed by atoms with Gasteiger partial charge in [-0.15, -0.1) is 0 Å². The van der Waals surface area contributed by atoms with Crippen LogP contribution in [0.15, 0.2) is 48.5 Å². The van der Waals surface area contributed by atoms with Crippen molar-refractivity contribution < 1.29 is 9.59 Å². The molecule has 27 heavy (non-hydrogen) atoms. The first-order valence-corrected chi connectivity index (χ1v) is 9.63.